The highest BCUT2D eigenvalue weighted by molar-refractivity contribution is 7.89. The lowest BCUT2D eigenvalue weighted by Crippen LogP contribution is -2.38. The van der Waals surface area contributed by atoms with Gasteiger partial charge in [0.15, 0.2) is 0 Å². The van der Waals surface area contributed by atoms with Gasteiger partial charge in [-0.1, -0.05) is 0 Å². The van der Waals surface area contributed by atoms with Gasteiger partial charge in [-0.3, -0.25) is 4.79 Å². The van der Waals surface area contributed by atoms with Crippen LogP contribution in [-0.2, 0) is 14.8 Å². The van der Waals surface area contributed by atoms with Crippen molar-refractivity contribution in [3.63, 3.8) is 0 Å². The molecule has 122 valence electrons. The number of sulfonamides is 1. The summed E-state index contributed by atoms with van der Waals surface area (Å²) in [6, 6.07) is 3.34. The number of aryl methyl sites for hydroxylation is 2. The zero-order chi connectivity index (χ0) is 16.3. The van der Waals surface area contributed by atoms with Gasteiger partial charge in [0.05, 0.1) is 18.6 Å². The average molecular weight is 326 g/mol. The maximum Gasteiger partial charge on any atom is 0.241 e. The number of benzene rings is 1. The second kappa shape index (κ2) is 6.66. The Labute approximate surface area is 131 Å². The largest absolute Gasteiger partial charge is 0.497 e. The van der Waals surface area contributed by atoms with E-state index in [4.69, 9.17) is 4.74 Å². The molecule has 1 aromatic rings. The minimum absolute atomic E-state index is 0.176. The molecule has 0 saturated carbocycles. The predicted molar refractivity (Wildman–Crippen MR) is 83.5 cm³/mol. The van der Waals surface area contributed by atoms with Crippen LogP contribution < -0.4 is 9.46 Å². The third kappa shape index (κ3) is 3.59. The fourth-order valence-corrected chi connectivity index (χ4v) is 4.18. The van der Waals surface area contributed by atoms with Gasteiger partial charge < -0.3 is 9.64 Å². The van der Waals surface area contributed by atoms with E-state index in [0.717, 1.165) is 12.8 Å². The number of hydrogen-bond donors (Lipinski definition) is 1. The standard InChI is InChI=1S/C15H22N2O4S/c1-11-8-13(21-3)9-12(2)15(11)22(19,20)16-10-14(18)17-6-4-5-7-17/h8-9,16H,4-7,10H2,1-3H3. The first kappa shape index (κ1) is 16.8. The van der Waals surface area contributed by atoms with Crippen molar-refractivity contribution in [2.45, 2.75) is 31.6 Å². The molecule has 1 aliphatic rings. The third-order valence-corrected chi connectivity index (χ3v) is 5.52. The van der Waals surface area contributed by atoms with E-state index in [9.17, 15) is 13.2 Å². The second-order valence-corrected chi connectivity index (χ2v) is 7.21. The molecule has 0 spiro atoms. The van der Waals surface area contributed by atoms with Crippen molar-refractivity contribution < 1.29 is 17.9 Å². The van der Waals surface area contributed by atoms with Crippen molar-refractivity contribution in [2.75, 3.05) is 26.7 Å². The SMILES string of the molecule is COc1cc(C)c(S(=O)(=O)NCC(=O)N2CCCC2)c(C)c1. The Morgan fingerprint density at radius 3 is 2.27 bits per heavy atom. The molecule has 0 aliphatic carbocycles. The molecule has 1 aliphatic heterocycles. The lowest BCUT2D eigenvalue weighted by atomic mass is 10.1. The highest BCUT2D eigenvalue weighted by atomic mass is 32.2. The van der Waals surface area contributed by atoms with Gasteiger partial charge in [0, 0.05) is 13.1 Å². The van der Waals surface area contributed by atoms with Gasteiger partial charge >= 0.3 is 0 Å². The molecule has 1 amide bonds. The Hall–Kier alpha value is -1.60. The highest BCUT2D eigenvalue weighted by Gasteiger charge is 2.24. The van der Waals surface area contributed by atoms with Crippen LogP contribution in [0.3, 0.4) is 0 Å². The van der Waals surface area contributed by atoms with Crippen molar-refractivity contribution in [1.29, 1.82) is 0 Å². The summed E-state index contributed by atoms with van der Waals surface area (Å²) in [7, 11) is -2.19. The maximum absolute atomic E-state index is 12.5. The first-order valence-electron chi connectivity index (χ1n) is 7.28. The zero-order valence-electron chi connectivity index (χ0n) is 13.2. The van der Waals surface area contributed by atoms with Gasteiger partial charge in [-0.2, -0.15) is 0 Å². The summed E-state index contributed by atoms with van der Waals surface area (Å²) in [6.45, 7) is 4.65. The van der Waals surface area contributed by atoms with Crippen LogP contribution in [0.2, 0.25) is 0 Å². The van der Waals surface area contributed by atoms with E-state index in [1.165, 1.54) is 7.11 Å². The van der Waals surface area contributed by atoms with Gasteiger partial charge in [0.2, 0.25) is 15.9 Å². The molecule has 1 aromatic carbocycles. The molecular formula is C15H22N2O4S. The number of methoxy groups -OCH3 is 1. The number of carbonyl (C=O) groups is 1. The Morgan fingerprint density at radius 1 is 1.23 bits per heavy atom. The summed E-state index contributed by atoms with van der Waals surface area (Å²) in [4.78, 5) is 13.9. The summed E-state index contributed by atoms with van der Waals surface area (Å²) in [5.41, 5.74) is 1.19. The minimum Gasteiger partial charge on any atom is -0.497 e. The summed E-state index contributed by atoms with van der Waals surface area (Å²) < 4.78 is 32.5. The lowest BCUT2D eigenvalue weighted by molar-refractivity contribution is -0.128. The normalized spacial score (nSPS) is 15.1. The highest BCUT2D eigenvalue weighted by Crippen LogP contribution is 2.25. The molecule has 1 saturated heterocycles. The van der Waals surface area contributed by atoms with Crippen LogP contribution >= 0.6 is 0 Å². The Kier molecular flexibility index (Phi) is 5.08. The third-order valence-electron chi connectivity index (χ3n) is 3.81. The average Bonchev–Trinajstić information content (AvgIpc) is 2.97. The lowest BCUT2D eigenvalue weighted by Gasteiger charge is -2.17. The van der Waals surface area contributed by atoms with Gasteiger partial charge in [0.25, 0.3) is 0 Å². The molecule has 0 atom stereocenters. The number of amides is 1. The number of nitrogens with one attached hydrogen (secondary N) is 1. The first-order valence-corrected chi connectivity index (χ1v) is 8.76. The maximum atomic E-state index is 12.5. The predicted octanol–water partition coefficient (Wildman–Crippen LogP) is 1.21. The van der Waals surface area contributed by atoms with Crippen LogP contribution in [0.25, 0.3) is 0 Å². The van der Waals surface area contributed by atoms with E-state index in [-0.39, 0.29) is 17.3 Å². The van der Waals surface area contributed by atoms with Crippen LogP contribution in [0, 0.1) is 13.8 Å². The van der Waals surface area contributed by atoms with Crippen LogP contribution in [0.4, 0.5) is 0 Å². The van der Waals surface area contributed by atoms with Crippen LogP contribution in [0.1, 0.15) is 24.0 Å². The molecule has 2 rings (SSSR count). The fraction of sp³-hybridized carbons (Fsp3) is 0.533. The summed E-state index contributed by atoms with van der Waals surface area (Å²) in [5, 5.41) is 0. The topological polar surface area (TPSA) is 75.7 Å². The molecule has 1 N–H and O–H groups in total. The quantitative estimate of drug-likeness (QED) is 0.882. The van der Waals surface area contributed by atoms with Crippen molar-refractivity contribution in [1.82, 2.24) is 9.62 Å². The van der Waals surface area contributed by atoms with E-state index in [1.807, 2.05) is 0 Å². The van der Waals surface area contributed by atoms with Gasteiger partial charge in [-0.25, -0.2) is 13.1 Å². The zero-order valence-corrected chi connectivity index (χ0v) is 14.0. The Bertz CT molecular complexity index is 641. The number of hydrogen-bond acceptors (Lipinski definition) is 4. The van der Waals surface area contributed by atoms with E-state index in [2.05, 4.69) is 4.72 Å². The Morgan fingerprint density at radius 2 is 1.77 bits per heavy atom. The molecule has 1 fully saturated rings. The molecule has 0 aromatic heterocycles. The van der Waals surface area contributed by atoms with Gasteiger partial charge in [-0.15, -0.1) is 0 Å². The van der Waals surface area contributed by atoms with Crippen LogP contribution in [0.5, 0.6) is 5.75 Å². The Balaban J connectivity index is 2.15. The molecule has 0 bridgehead atoms. The van der Waals surface area contributed by atoms with Crippen molar-refractivity contribution in [2.24, 2.45) is 0 Å². The number of nitrogens with zero attached hydrogens (tertiary/aromatic N) is 1. The fourth-order valence-electron chi connectivity index (χ4n) is 2.76. The van der Waals surface area contributed by atoms with Crippen molar-refractivity contribution >= 4 is 15.9 Å². The van der Waals surface area contributed by atoms with Crippen molar-refractivity contribution in [3.05, 3.63) is 23.3 Å². The van der Waals surface area contributed by atoms with Crippen molar-refractivity contribution in [3.8, 4) is 5.75 Å². The van der Waals surface area contributed by atoms with E-state index < -0.39 is 10.0 Å². The second-order valence-electron chi connectivity index (χ2n) is 5.50. The smallest absolute Gasteiger partial charge is 0.241 e. The summed E-state index contributed by atoms with van der Waals surface area (Å²) >= 11 is 0. The molecular weight excluding hydrogens is 304 g/mol. The number of likely N-dealkylation sites (tertiary alicyclic amines) is 1. The van der Waals surface area contributed by atoms with E-state index in [1.54, 1.807) is 30.9 Å². The molecule has 6 nitrogen and oxygen atoms in total. The molecule has 7 heteroatoms. The number of rotatable bonds is 5. The van der Waals surface area contributed by atoms with Gasteiger partial charge in [0.1, 0.15) is 5.75 Å². The first-order chi connectivity index (χ1) is 10.3. The number of ether oxygens (including phenoxy) is 1. The number of carbonyl (C=O) groups excluding carboxylic acids is 1. The minimum atomic E-state index is -3.72. The molecule has 0 radical (unpaired) electrons. The molecule has 1 heterocycles. The summed E-state index contributed by atoms with van der Waals surface area (Å²) in [5.74, 6) is 0.437. The van der Waals surface area contributed by atoms with Crippen LogP contribution in [0.15, 0.2) is 17.0 Å². The van der Waals surface area contributed by atoms with E-state index >= 15 is 0 Å². The molecule has 22 heavy (non-hydrogen) atoms. The van der Waals surface area contributed by atoms with Crippen LogP contribution in [-0.4, -0.2) is 46.0 Å². The van der Waals surface area contributed by atoms with Gasteiger partial charge in [-0.05, 0) is 49.9 Å². The monoisotopic (exact) mass is 326 g/mol. The summed E-state index contributed by atoms with van der Waals surface area (Å²) in [6.07, 6.45) is 1.96. The van der Waals surface area contributed by atoms with E-state index in [0.29, 0.717) is 30.0 Å². The molecule has 0 unspecified atom stereocenters.